The second kappa shape index (κ2) is 6.05. The predicted octanol–water partition coefficient (Wildman–Crippen LogP) is -0.0324. The van der Waals surface area contributed by atoms with Crippen LogP contribution in [-0.2, 0) is 17.8 Å². The van der Waals surface area contributed by atoms with Gasteiger partial charge in [0.25, 0.3) is 0 Å². The highest BCUT2D eigenvalue weighted by molar-refractivity contribution is 5.78. The highest BCUT2D eigenvalue weighted by Crippen LogP contribution is 2.21. The van der Waals surface area contributed by atoms with Crippen LogP contribution < -0.4 is 10.8 Å². The first-order chi connectivity index (χ1) is 9.52. The van der Waals surface area contributed by atoms with Crippen molar-refractivity contribution in [2.45, 2.75) is 39.7 Å². The molecule has 0 atom stereocenters. The number of rotatable bonds is 6. The van der Waals surface area contributed by atoms with Crippen molar-refractivity contribution in [3.8, 4) is 0 Å². The van der Waals surface area contributed by atoms with E-state index in [0.717, 1.165) is 36.2 Å². The number of carbonyl (C=O) groups is 1. The summed E-state index contributed by atoms with van der Waals surface area (Å²) in [6.45, 7) is 5.38. The third kappa shape index (κ3) is 2.99. The Morgan fingerprint density at radius 1 is 1.35 bits per heavy atom. The summed E-state index contributed by atoms with van der Waals surface area (Å²) < 4.78 is 2.01. The lowest BCUT2D eigenvalue weighted by molar-refractivity contribution is -0.368. The summed E-state index contributed by atoms with van der Waals surface area (Å²) in [5, 5.41) is 10.7. The second-order valence-electron chi connectivity index (χ2n) is 5.18. The minimum Gasteiger partial charge on any atom is -0.550 e. The van der Waals surface area contributed by atoms with Gasteiger partial charge in [0.05, 0.1) is 17.6 Å². The Morgan fingerprint density at radius 2 is 2.05 bits per heavy atom. The normalized spacial score (nSPS) is 11.2. The highest BCUT2D eigenvalue weighted by atomic mass is 16.4. The zero-order valence-electron chi connectivity index (χ0n) is 12.1. The maximum Gasteiger partial charge on any atom is 0.110 e. The van der Waals surface area contributed by atoms with Gasteiger partial charge in [0.2, 0.25) is 0 Å². The molecule has 5 nitrogen and oxygen atoms in total. The molecule has 5 heteroatoms. The van der Waals surface area contributed by atoms with Gasteiger partial charge in [-0.2, -0.15) is 0 Å². The number of carboxylic acids is 1. The number of aryl methyl sites for hydroxylation is 4. The van der Waals surface area contributed by atoms with Gasteiger partial charge in [-0.15, -0.1) is 0 Å². The van der Waals surface area contributed by atoms with Gasteiger partial charge in [0.1, 0.15) is 5.82 Å². The number of fused-ring (bicyclic) bond motifs is 1. The number of nitrogens with zero attached hydrogens (tertiary/aromatic N) is 2. The number of aromatic nitrogens is 2. The first-order valence-electron chi connectivity index (χ1n) is 6.98. The molecule has 20 heavy (non-hydrogen) atoms. The topological polar surface area (TPSA) is 85.6 Å². The van der Waals surface area contributed by atoms with Crippen molar-refractivity contribution < 1.29 is 15.6 Å². The van der Waals surface area contributed by atoms with Crippen LogP contribution in [0.2, 0.25) is 0 Å². The van der Waals surface area contributed by atoms with Crippen LogP contribution in [0.1, 0.15) is 29.8 Å². The lowest BCUT2D eigenvalue weighted by Crippen LogP contribution is -2.50. The fourth-order valence-electron chi connectivity index (χ4n) is 2.36. The molecule has 0 aliphatic rings. The molecule has 2 aromatic rings. The van der Waals surface area contributed by atoms with Crippen molar-refractivity contribution in [3.05, 3.63) is 29.1 Å². The summed E-state index contributed by atoms with van der Waals surface area (Å²) in [4.78, 5) is 15.4. The van der Waals surface area contributed by atoms with Gasteiger partial charge < -0.3 is 20.2 Å². The number of hydrogen-bond donors (Lipinski definition) is 1. The van der Waals surface area contributed by atoms with E-state index in [1.807, 2.05) is 4.57 Å². The van der Waals surface area contributed by atoms with E-state index in [1.54, 1.807) is 0 Å². The Balaban J connectivity index is 2.46. The molecule has 0 amide bonds. The molecule has 2 rings (SSSR count). The monoisotopic (exact) mass is 275 g/mol. The fraction of sp³-hybridized carbons (Fsp3) is 0.467. The molecular formula is C15H21N3O2. The molecule has 0 bridgehead atoms. The minimum absolute atomic E-state index is 0.00968. The van der Waals surface area contributed by atoms with E-state index in [-0.39, 0.29) is 6.42 Å². The molecule has 0 saturated heterocycles. The van der Waals surface area contributed by atoms with Gasteiger partial charge in [-0.05, 0) is 37.1 Å². The summed E-state index contributed by atoms with van der Waals surface area (Å²) >= 11 is 0. The van der Waals surface area contributed by atoms with E-state index in [1.165, 1.54) is 11.1 Å². The number of carboxylic acid groups (broad SMARTS) is 1. The number of hydrogen-bond acceptors (Lipinski definition) is 3. The Kier molecular flexibility index (Phi) is 4.39. The van der Waals surface area contributed by atoms with Crippen molar-refractivity contribution in [2.75, 3.05) is 6.54 Å². The zero-order chi connectivity index (χ0) is 14.7. The third-order valence-corrected chi connectivity index (χ3v) is 3.63. The predicted molar refractivity (Wildman–Crippen MR) is 74.9 cm³/mol. The van der Waals surface area contributed by atoms with Gasteiger partial charge in [-0.3, -0.25) is 0 Å². The van der Waals surface area contributed by atoms with Gasteiger partial charge in [0, 0.05) is 31.8 Å². The number of carbonyl (C=O) groups excluding carboxylic acids is 1. The zero-order valence-corrected chi connectivity index (χ0v) is 12.1. The molecule has 0 aliphatic carbocycles. The van der Waals surface area contributed by atoms with Crippen LogP contribution in [-0.4, -0.2) is 22.1 Å². The minimum atomic E-state index is -1.03. The van der Waals surface area contributed by atoms with E-state index < -0.39 is 5.97 Å². The second-order valence-corrected chi connectivity index (χ2v) is 5.18. The first-order valence-corrected chi connectivity index (χ1v) is 6.98. The summed E-state index contributed by atoms with van der Waals surface area (Å²) in [5.74, 6) is -0.0892. The first kappa shape index (κ1) is 14.5. The van der Waals surface area contributed by atoms with Crippen LogP contribution in [0, 0.1) is 13.8 Å². The van der Waals surface area contributed by atoms with Crippen LogP contribution in [0.4, 0.5) is 0 Å². The summed E-state index contributed by atoms with van der Waals surface area (Å²) in [6, 6.07) is 4.15. The quantitative estimate of drug-likeness (QED) is 0.803. The average Bonchev–Trinajstić information content (AvgIpc) is 2.71. The number of quaternary nitrogens is 1. The van der Waals surface area contributed by atoms with Gasteiger partial charge in [-0.1, -0.05) is 0 Å². The average molecular weight is 275 g/mol. The molecule has 0 fully saturated rings. The van der Waals surface area contributed by atoms with Crippen molar-refractivity contribution in [2.24, 2.45) is 0 Å². The van der Waals surface area contributed by atoms with Crippen LogP contribution in [0.3, 0.4) is 0 Å². The van der Waals surface area contributed by atoms with Gasteiger partial charge in [0.15, 0.2) is 0 Å². The Morgan fingerprint density at radius 3 is 2.70 bits per heavy atom. The standard InChI is InChI=1S/C15H21N3O2/c1-10-8-12-13(9-11(10)2)18(7-5-15(19)20)14(17-12)4-3-6-16/h8-9H,3-7,16H2,1-2H3,(H,19,20). The van der Waals surface area contributed by atoms with E-state index in [2.05, 4.69) is 36.7 Å². The Bertz CT molecular complexity index is 632. The molecule has 0 radical (unpaired) electrons. The van der Waals surface area contributed by atoms with E-state index in [0.29, 0.717) is 6.54 Å². The summed E-state index contributed by atoms with van der Waals surface area (Å²) in [6.07, 6.45) is 1.78. The largest absolute Gasteiger partial charge is 0.550 e. The molecule has 1 aromatic heterocycles. The van der Waals surface area contributed by atoms with Crippen LogP contribution in [0.15, 0.2) is 12.1 Å². The Hall–Kier alpha value is -1.88. The molecule has 1 heterocycles. The Labute approximate surface area is 118 Å². The number of imidazole rings is 1. The summed E-state index contributed by atoms with van der Waals surface area (Å²) in [7, 11) is 0. The lowest BCUT2D eigenvalue weighted by atomic mass is 10.1. The maximum absolute atomic E-state index is 10.7. The molecule has 0 aliphatic heterocycles. The molecule has 108 valence electrons. The van der Waals surface area contributed by atoms with E-state index >= 15 is 0 Å². The van der Waals surface area contributed by atoms with Crippen molar-refractivity contribution in [1.29, 1.82) is 0 Å². The SMILES string of the molecule is Cc1cc2nc(CCC[NH3+])n(CCC(=O)[O-])c2cc1C. The van der Waals surface area contributed by atoms with Crippen LogP contribution in [0.25, 0.3) is 11.0 Å². The fourth-order valence-corrected chi connectivity index (χ4v) is 2.36. The number of benzene rings is 1. The van der Waals surface area contributed by atoms with Crippen LogP contribution in [0.5, 0.6) is 0 Å². The van der Waals surface area contributed by atoms with Crippen molar-refractivity contribution in [3.63, 3.8) is 0 Å². The van der Waals surface area contributed by atoms with E-state index in [9.17, 15) is 9.90 Å². The van der Waals surface area contributed by atoms with Gasteiger partial charge >= 0.3 is 0 Å². The van der Waals surface area contributed by atoms with Crippen molar-refractivity contribution in [1.82, 2.24) is 9.55 Å². The molecule has 3 N–H and O–H groups in total. The van der Waals surface area contributed by atoms with Crippen molar-refractivity contribution >= 4 is 17.0 Å². The third-order valence-electron chi connectivity index (χ3n) is 3.63. The molecule has 0 spiro atoms. The maximum atomic E-state index is 10.7. The number of aliphatic carboxylic acids is 1. The highest BCUT2D eigenvalue weighted by Gasteiger charge is 2.11. The lowest BCUT2D eigenvalue weighted by Gasteiger charge is -2.10. The molecule has 1 aromatic carbocycles. The molecule has 0 saturated carbocycles. The van der Waals surface area contributed by atoms with Crippen LogP contribution >= 0.6 is 0 Å². The summed E-state index contributed by atoms with van der Waals surface area (Å²) in [5.41, 5.74) is 8.18. The molecular weight excluding hydrogens is 254 g/mol. The smallest absolute Gasteiger partial charge is 0.110 e. The molecule has 0 unspecified atom stereocenters. The van der Waals surface area contributed by atoms with E-state index in [4.69, 9.17) is 0 Å². The van der Waals surface area contributed by atoms with Gasteiger partial charge in [-0.25, -0.2) is 4.98 Å².